The summed E-state index contributed by atoms with van der Waals surface area (Å²) in [5.74, 6) is 2.46. The van der Waals surface area contributed by atoms with E-state index >= 15 is 0 Å². The van der Waals surface area contributed by atoms with Crippen molar-refractivity contribution in [3.05, 3.63) is 12.2 Å². The average Bonchev–Trinajstić information content (AvgIpc) is 2.27. The standard InChI is InChI=1S/C15H26O/c1-11(2)9-15(16)14-8-7-12-5-3-4-6-13(12)10-14/h12-16H,1,3-10H2,2H3. The SMILES string of the molecule is C=C(C)CC(O)C1CCC2CCCCC2C1. The molecule has 0 amide bonds. The first kappa shape index (κ1) is 12.2. The Balaban J connectivity index is 1.86. The lowest BCUT2D eigenvalue weighted by Crippen LogP contribution is -2.33. The molecule has 1 nitrogen and oxygen atoms in total. The molecule has 0 aromatic rings. The second-order valence-electron chi connectivity index (χ2n) is 6.11. The van der Waals surface area contributed by atoms with Gasteiger partial charge >= 0.3 is 0 Å². The molecule has 4 atom stereocenters. The molecule has 1 heteroatoms. The second-order valence-corrected chi connectivity index (χ2v) is 6.11. The van der Waals surface area contributed by atoms with Crippen LogP contribution < -0.4 is 0 Å². The minimum Gasteiger partial charge on any atom is -0.393 e. The first-order valence-electron chi connectivity index (χ1n) is 6.99. The van der Waals surface area contributed by atoms with Crippen molar-refractivity contribution in [1.82, 2.24) is 0 Å². The highest BCUT2D eigenvalue weighted by Gasteiger charge is 2.34. The summed E-state index contributed by atoms with van der Waals surface area (Å²) in [5.41, 5.74) is 1.12. The topological polar surface area (TPSA) is 20.2 Å². The lowest BCUT2D eigenvalue weighted by molar-refractivity contribution is 0.0362. The molecule has 2 saturated carbocycles. The Morgan fingerprint density at radius 2 is 1.88 bits per heavy atom. The van der Waals surface area contributed by atoms with E-state index < -0.39 is 0 Å². The summed E-state index contributed by atoms with van der Waals surface area (Å²) in [6.07, 6.45) is 10.3. The molecule has 2 rings (SSSR count). The molecule has 0 saturated heterocycles. The molecule has 0 aromatic carbocycles. The Labute approximate surface area is 99.9 Å². The van der Waals surface area contributed by atoms with Crippen LogP contribution in [0, 0.1) is 17.8 Å². The molecule has 0 bridgehead atoms. The molecule has 0 spiro atoms. The number of aliphatic hydroxyl groups excluding tert-OH is 1. The molecule has 1 N–H and O–H groups in total. The van der Waals surface area contributed by atoms with Crippen LogP contribution in [0.5, 0.6) is 0 Å². The van der Waals surface area contributed by atoms with Gasteiger partial charge in [-0.25, -0.2) is 0 Å². The maximum Gasteiger partial charge on any atom is 0.0605 e. The van der Waals surface area contributed by atoms with Gasteiger partial charge in [-0.3, -0.25) is 0 Å². The zero-order chi connectivity index (χ0) is 11.5. The monoisotopic (exact) mass is 222 g/mol. The van der Waals surface area contributed by atoms with Gasteiger partial charge in [0.1, 0.15) is 0 Å². The van der Waals surface area contributed by atoms with Crippen LogP contribution >= 0.6 is 0 Å². The van der Waals surface area contributed by atoms with Crippen LogP contribution in [0.25, 0.3) is 0 Å². The third-order valence-electron chi connectivity index (χ3n) is 4.68. The number of rotatable bonds is 3. The van der Waals surface area contributed by atoms with Crippen molar-refractivity contribution in [2.24, 2.45) is 17.8 Å². The predicted octanol–water partition coefficient (Wildman–Crippen LogP) is 3.92. The van der Waals surface area contributed by atoms with Crippen LogP contribution in [0.2, 0.25) is 0 Å². The maximum atomic E-state index is 10.2. The number of fused-ring (bicyclic) bond motifs is 1. The van der Waals surface area contributed by atoms with E-state index in [1.165, 1.54) is 44.9 Å². The summed E-state index contributed by atoms with van der Waals surface area (Å²) < 4.78 is 0. The first-order chi connectivity index (χ1) is 7.66. The lowest BCUT2D eigenvalue weighted by atomic mass is 9.66. The van der Waals surface area contributed by atoms with Gasteiger partial charge in [0.15, 0.2) is 0 Å². The Hall–Kier alpha value is -0.300. The van der Waals surface area contributed by atoms with Gasteiger partial charge in [0.05, 0.1) is 6.10 Å². The van der Waals surface area contributed by atoms with Crippen molar-refractivity contribution in [1.29, 1.82) is 0 Å². The molecule has 2 aliphatic rings. The molecule has 0 aromatic heterocycles. The minimum atomic E-state index is -0.125. The van der Waals surface area contributed by atoms with Crippen molar-refractivity contribution in [2.75, 3.05) is 0 Å². The van der Waals surface area contributed by atoms with E-state index in [0.717, 1.165) is 23.8 Å². The molecule has 2 fully saturated rings. The van der Waals surface area contributed by atoms with E-state index in [9.17, 15) is 5.11 Å². The second kappa shape index (κ2) is 5.35. The first-order valence-corrected chi connectivity index (χ1v) is 6.99. The predicted molar refractivity (Wildman–Crippen MR) is 68.2 cm³/mol. The van der Waals surface area contributed by atoms with Crippen molar-refractivity contribution < 1.29 is 5.11 Å². The summed E-state index contributed by atoms with van der Waals surface area (Å²) in [6.45, 7) is 5.93. The van der Waals surface area contributed by atoms with Gasteiger partial charge in [-0.15, -0.1) is 6.58 Å². The highest BCUT2D eigenvalue weighted by Crippen LogP contribution is 2.44. The van der Waals surface area contributed by atoms with Crippen LogP contribution in [-0.2, 0) is 0 Å². The van der Waals surface area contributed by atoms with Crippen LogP contribution in [0.1, 0.15) is 58.3 Å². The van der Waals surface area contributed by atoms with Crippen LogP contribution in [0.15, 0.2) is 12.2 Å². The summed E-state index contributed by atoms with van der Waals surface area (Å²) in [6, 6.07) is 0. The number of hydrogen-bond donors (Lipinski definition) is 1. The van der Waals surface area contributed by atoms with E-state index in [2.05, 4.69) is 6.58 Å². The Morgan fingerprint density at radius 1 is 1.19 bits per heavy atom. The van der Waals surface area contributed by atoms with Gasteiger partial charge in [-0.05, 0) is 50.4 Å². The Kier molecular flexibility index (Phi) is 4.07. The normalized spacial score (nSPS) is 36.5. The Bertz CT molecular complexity index is 246. The summed E-state index contributed by atoms with van der Waals surface area (Å²) >= 11 is 0. The van der Waals surface area contributed by atoms with Crippen molar-refractivity contribution >= 4 is 0 Å². The number of hydrogen-bond acceptors (Lipinski definition) is 1. The van der Waals surface area contributed by atoms with E-state index in [-0.39, 0.29) is 6.10 Å². The van der Waals surface area contributed by atoms with Crippen LogP contribution in [0.4, 0.5) is 0 Å². The van der Waals surface area contributed by atoms with Crippen LogP contribution in [-0.4, -0.2) is 11.2 Å². The molecular weight excluding hydrogens is 196 g/mol. The fourth-order valence-electron chi connectivity index (χ4n) is 3.78. The van der Waals surface area contributed by atoms with Gasteiger partial charge in [0.2, 0.25) is 0 Å². The summed E-state index contributed by atoms with van der Waals surface area (Å²) in [5, 5.41) is 10.2. The van der Waals surface area contributed by atoms with Gasteiger partial charge < -0.3 is 5.11 Å². The van der Waals surface area contributed by atoms with E-state index in [4.69, 9.17) is 0 Å². The van der Waals surface area contributed by atoms with E-state index in [1.54, 1.807) is 0 Å². The van der Waals surface area contributed by atoms with Crippen molar-refractivity contribution in [3.8, 4) is 0 Å². The maximum absolute atomic E-state index is 10.2. The smallest absolute Gasteiger partial charge is 0.0605 e. The zero-order valence-corrected chi connectivity index (χ0v) is 10.6. The van der Waals surface area contributed by atoms with E-state index in [0.29, 0.717) is 5.92 Å². The van der Waals surface area contributed by atoms with Crippen LogP contribution in [0.3, 0.4) is 0 Å². The molecule has 0 heterocycles. The summed E-state index contributed by atoms with van der Waals surface area (Å²) in [7, 11) is 0. The molecule has 92 valence electrons. The average molecular weight is 222 g/mol. The molecule has 0 aliphatic heterocycles. The third-order valence-corrected chi connectivity index (χ3v) is 4.68. The largest absolute Gasteiger partial charge is 0.393 e. The molecule has 2 aliphatic carbocycles. The highest BCUT2D eigenvalue weighted by atomic mass is 16.3. The van der Waals surface area contributed by atoms with Crippen molar-refractivity contribution in [2.45, 2.75) is 64.4 Å². The molecule has 16 heavy (non-hydrogen) atoms. The molecular formula is C15H26O. The fourth-order valence-corrected chi connectivity index (χ4v) is 3.78. The van der Waals surface area contributed by atoms with Gasteiger partial charge in [-0.2, -0.15) is 0 Å². The van der Waals surface area contributed by atoms with Crippen molar-refractivity contribution in [3.63, 3.8) is 0 Å². The lowest BCUT2D eigenvalue weighted by Gasteiger charge is -2.40. The van der Waals surface area contributed by atoms with E-state index in [1.807, 2.05) is 6.92 Å². The van der Waals surface area contributed by atoms with Gasteiger partial charge in [0, 0.05) is 0 Å². The third kappa shape index (κ3) is 2.88. The van der Waals surface area contributed by atoms with Gasteiger partial charge in [0.25, 0.3) is 0 Å². The quantitative estimate of drug-likeness (QED) is 0.718. The molecule has 4 unspecified atom stereocenters. The highest BCUT2D eigenvalue weighted by molar-refractivity contribution is 4.94. The summed E-state index contributed by atoms with van der Waals surface area (Å²) in [4.78, 5) is 0. The zero-order valence-electron chi connectivity index (χ0n) is 10.6. The number of aliphatic hydroxyl groups is 1. The Morgan fingerprint density at radius 3 is 2.56 bits per heavy atom. The van der Waals surface area contributed by atoms with Gasteiger partial charge in [-0.1, -0.05) is 31.3 Å². The minimum absolute atomic E-state index is 0.125. The fraction of sp³-hybridized carbons (Fsp3) is 0.867. The molecule has 0 radical (unpaired) electrons.